The zero-order valence-electron chi connectivity index (χ0n) is 11.8. The summed E-state index contributed by atoms with van der Waals surface area (Å²) in [6.45, 7) is 1.62. The molecule has 0 heterocycles. The lowest BCUT2D eigenvalue weighted by molar-refractivity contribution is -0.141. The molecular weight excluding hydrogens is 294 g/mol. The van der Waals surface area contributed by atoms with Gasteiger partial charge < -0.3 is 15.2 Å². The van der Waals surface area contributed by atoms with Crippen molar-refractivity contribution in [3.05, 3.63) is 29.3 Å². The first-order valence-electron chi connectivity index (χ1n) is 6.87. The van der Waals surface area contributed by atoms with Crippen LogP contribution in [0.5, 0.6) is 5.75 Å². The monoisotopic (exact) mass is 311 g/mol. The molecule has 1 aromatic carbocycles. The van der Waals surface area contributed by atoms with Gasteiger partial charge in [-0.1, -0.05) is 23.7 Å². The van der Waals surface area contributed by atoms with E-state index in [4.69, 9.17) is 21.4 Å². The van der Waals surface area contributed by atoms with Crippen LogP contribution in [0.15, 0.2) is 24.3 Å². The summed E-state index contributed by atoms with van der Waals surface area (Å²) in [7, 11) is 0. The molecule has 1 unspecified atom stereocenters. The van der Waals surface area contributed by atoms with Crippen molar-refractivity contribution in [1.82, 2.24) is 5.32 Å². The Bertz CT molecular complexity index is 542. The number of benzene rings is 1. The van der Waals surface area contributed by atoms with Crippen molar-refractivity contribution in [2.24, 2.45) is 0 Å². The second-order valence-corrected chi connectivity index (χ2v) is 5.79. The Labute approximate surface area is 128 Å². The first-order valence-corrected chi connectivity index (χ1v) is 7.25. The fourth-order valence-electron chi connectivity index (χ4n) is 2.39. The maximum Gasteiger partial charge on any atom is 0.305 e. The van der Waals surface area contributed by atoms with E-state index in [9.17, 15) is 9.59 Å². The molecule has 21 heavy (non-hydrogen) atoms. The van der Waals surface area contributed by atoms with Gasteiger partial charge in [0.25, 0.3) is 5.91 Å². The van der Waals surface area contributed by atoms with Crippen molar-refractivity contribution in [3.63, 3.8) is 0 Å². The van der Waals surface area contributed by atoms with Crippen LogP contribution in [-0.2, 0) is 9.59 Å². The maximum absolute atomic E-state index is 12.2. The third-order valence-corrected chi connectivity index (χ3v) is 4.01. The summed E-state index contributed by atoms with van der Waals surface area (Å²) in [6.07, 6.45) is 1.50. The van der Waals surface area contributed by atoms with Gasteiger partial charge in [0.1, 0.15) is 5.75 Å². The van der Waals surface area contributed by atoms with E-state index < -0.39 is 17.6 Å². The molecule has 0 spiro atoms. The molecule has 0 aromatic heterocycles. The molecule has 1 aliphatic rings. The summed E-state index contributed by atoms with van der Waals surface area (Å²) in [6, 6.07) is 6.90. The van der Waals surface area contributed by atoms with Gasteiger partial charge in [0.2, 0.25) is 0 Å². The molecule has 0 bridgehead atoms. The van der Waals surface area contributed by atoms with E-state index in [-0.39, 0.29) is 12.3 Å². The van der Waals surface area contributed by atoms with Crippen LogP contribution in [0.4, 0.5) is 0 Å². The van der Waals surface area contributed by atoms with Gasteiger partial charge in [0.15, 0.2) is 6.10 Å². The predicted molar refractivity (Wildman–Crippen MR) is 78.5 cm³/mol. The number of aliphatic carboxylic acids is 1. The molecule has 1 fully saturated rings. The van der Waals surface area contributed by atoms with Crippen LogP contribution < -0.4 is 10.1 Å². The number of ether oxygens (including phenoxy) is 1. The van der Waals surface area contributed by atoms with E-state index in [1.807, 2.05) is 0 Å². The van der Waals surface area contributed by atoms with E-state index in [1.165, 1.54) is 0 Å². The van der Waals surface area contributed by atoms with Crippen LogP contribution in [0, 0.1) is 0 Å². The molecule has 1 aliphatic carbocycles. The zero-order chi connectivity index (χ0) is 15.5. The van der Waals surface area contributed by atoms with Crippen molar-refractivity contribution >= 4 is 23.5 Å². The van der Waals surface area contributed by atoms with Crippen LogP contribution in [0.3, 0.4) is 0 Å². The molecule has 114 valence electrons. The van der Waals surface area contributed by atoms with Gasteiger partial charge >= 0.3 is 5.97 Å². The second-order valence-electron chi connectivity index (χ2n) is 5.38. The van der Waals surface area contributed by atoms with E-state index in [1.54, 1.807) is 31.2 Å². The van der Waals surface area contributed by atoms with E-state index in [2.05, 4.69) is 5.32 Å². The van der Waals surface area contributed by atoms with Crippen molar-refractivity contribution in [2.45, 2.75) is 44.2 Å². The number of hydrogen-bond donors (Lipinski definition) is 2. The Balaban J connectivity index is 1.96. The average molecular weight is 312 g/mol. The van der Waals surface area contributed by atoms with Crippen LogP contribution in [0.2, 0.25) is 5.02 Å². The molecule has 1 amide bonds. The van der Waals surface area contributed by atoms with Crippen LogP contribution in [0.1, 0.15) is 32.6 Å². The lowest BCUT2D eigenvalue weighted by Crippen LogP contribution is -2.57. The van der Waals surface area contributed by atoms with Crippen LogP contribution in [0.25, 0.3) is 0 Å². The minimum atomic E-state index is -0.908. The van der Waals surface area contributed by atoms with Gasteiger partial charge in [-0.2, -0.15) is 0 Å². The van der Waals surface area contributed by atoms with Gasteiger partial charge in [-0.3, -0.25) is 9.59 Å². The van der Waals surface area contributed by atoms with E-state index >= 15 is 0 Å². The number of carbonyl (C=O) groups excluding carboxylic acids is 1. The van der Waals surface area contributed by atoms with Crippen LogP contribution in [-0.4, -0.2) is 28.6 Å². The Morgan fingerprint density at radius 3 is 2.62 bits per heavy atom. The van der Waals surface area contributed by atoms with Crippen LogP contribution >= 0.6 is 11.6 Å². The molecule has 2 N–H and O–H groups in total. The molecule has 1 saturated carbocycles. The number of rotatable bonds is 6. The number of para-hydroxylation sites is 1. The number of carboxylic acid groups (broad SMARTS) is 1. The van der Waals surface area contributed by atoms with Gasteiger partial charge in [-0.25, -0.2) is 0 Å². The summed E-state index contributed by atoms with van der Waals surface area (Å²) < 4.78 is 5.53. The first kappa shape index (κ1) is 15.6. The van der Waals surface area contributed by atoms with Gasteiger partial charge in [-0.05, 0) is 38.3 Å². The number of nitrogens with one attached hydrogen (secondary N) is 1. The first-order chi connectivity index (χ1) is 9.92. The van der Waals surface area contributed by atoms with Crippen molar-refractivity contribution in [3.8, 4) is 5.75 Å². The molecule has 0 aliphatic heterocycles. The van der Waals surface area contributed by atoms with Gasteiger partial charge in [0, 0.05) is 0 Å². The zero-order valence-corrected chi connectivity index (χ0v) is 12.5. The third kappa shape index (κ3) is 3.88. The summed E-state index contributed by atoms with van der Waals surface area (Å²) in [5.41, 5.74) is -0.624. The Hall–Kier alpha value is -1.75. The van der Waals surface area contributed by atoms with Crippen molar-refractivity contribution in [1.29, 1.82) is 0 Å². The quantitative estimate of drug-likeness (QED) is 0.847. The van der Waals surface area contributed by atoms with Gasteiger partial charge in [-0.15, -0.1) is 0 Å². The predicted octanol–water partition coefficient (Wildman–Crippen LogP) is 2.62. The fourth-order valence-corrected chi connectivity index (χ4v) is 2.57. The topological polar surface area (TPSA) is 75.6 Å². The summed E-state index contributed by atoms with van der Waals surface area (Å²) in [5.74, 6) is -0.798. The van der Waals surface area contributed by atoms with Crippen molar-refractivity contribution < 1.29 is 19.4 Å². The Morgan fingerprint density at radius 1 is 1.43 bits per heavy atom. The molecular formula is C15H18ClNO4. The highest BCUT2D eigenvalue weighted by Gasteiger charge is 2.41. The standard InChI is InChI=1S/C15H18ClNO4/c1-10(21-12-6-3-2-5-11(12)16)14(20)17-15(7-4-8-15)9-13(18)19/h2-3,5-6,10H,4,7-9H2,1H3,(H,17,20)(H,18,19). The minimum Gasteiger partial charge on any atom is -0.481 e. The molecule has 1 aromatic rings. The van der Waals surface area contributed by atoms with Crippen molar-refractivity contribution in [2.75, 3.05) is 0 Å². The lowest BCUT2D eigenvalue weighted by atomic mass is 9.74. The molecule has 5 nitrogen and oxygen atoms in total. The molecule has 6 heteroatoms. The number of halogens is 1. The minimum absolute atomic E-state index is 0.0580. The summed E-state index contributed by atoms with van der Waals surface area (Å²) in [5, 5.41) is 12.2. The maximum atomic E-state index is 12.2. The Kier molecular flexibility index (Phi) is 4.73. The smallest absolute Gasteiger partial charge is 0.305 e. The Morgan fingerprint density at radius 2 is 2.10 bits per heavy atom. The number of hydrogen-bond acceptors (Lipinski definition) is 3. The number of amides is 1. The summed E-state index contributed by atoms with van der Waals surface area (Å²) in [4.78, 5) is 23.1. The van der Waals surface area contributed by atoms with Gasteiger partial charge in [0.05, 0.1) is 17.0 Å². The normalized spacial score (nSPS) is 17.4. The SMILES string of the molecule is CC(Oc1ccccc1Cl)C(=O)NC1(CC(=O)O)CCC1. The van der Waals surface area contributed by atoms with E-state index in [0.717, 1.165) is 6.42 Å². The lowest BCUT2D eigenvalue weighted by Gasteiger charge is -2.42. The fraction of sp³-hybridized carbons (Fsp3) is 0.467. The summed E-state index contributed by atoms with van der Waals surface area (Å²) >= 11 is 5.98. The highest BCUT2D eigenvalue weighted by Crippen LogP contribution is 2.35. The largest absolute Gasteiger partial charge is 0.481 e. The highest BCUT2D eigenvalue weighted by molar-refractivity contribution is 6.32. The third-order valence-electron chi connectivity index (χ3n) is 3.70. The molecule has 2 rings (SSSR count). The average Bonchev–Trinajstić information content (AvgIpc) is 2.38. The number of carboxylic acids is 1. The highest BCUT2D eigenvalue weighted by atomic mass is 35.5. The molecule has 0 saturated heterocycles. The molecule has 0 radical (unpaired) electrons. The molecule has 1 atom stereocenters. The number of carbonyl (C=O) groups is 2. The van der Waals surface area contributed by atoms with E-state index in [0.29, 0.717) is 23.6 Å². The second kappa shape index (κ2) is 6.35.